The maximum absolute atomic E-state index is 13.4. The van der Waals surface area contributed by atoms with E-state index in [1.54, 1.807) is 74.8 Å². The molecule has 0 aliphatic carbocycles. The normalized spacial score (nSPS) is 11.0. The molecule has 0 bridgehead atoms. The second-order valence-electron chi connectivity index (χ2n) is 10.5. The van der Waals surface area contributed by atoms with Gasteiger partial charge in [-0.1, -0.05) is 36.4 Å². The minimum atomic E-state index is -0.837. The number of hydrogen-bond acceptors (Lipinski definition) is 6. The molecule has 8 heteroatoms. The van der Waals surface area contributed by atoms with Crippen molar-refractivity contribution in [2.24, 2.45) is 0 Å². The molecule has 5 aromatic rings. The van der Waals surface area contributed by atoms with Crippen LogP contribution in [0.25, 0.3) is 11.0 Å². The van der Waals surface area contributed by atoms with Crippen molar-refractivity contribution < 1.29 is 14.3 Å². The van der Waals surface area contributed by atoms with E-state index in [4.69, 9.17) is 4.74 Å². The van der Waals surface area contributed by atoms with Crippen molar-refractivity contribution in [3.8, 4) is 11.8 Å². The molecular weight excluding hydrogens is 526 g/mol. The van der Waals surface area contributed by atoms with Gasteiger partial charge in [0.1, 0.15) is 12.4 Å². The number of aromatic nitrogens is 2. The fourth-order valence-corrected chi connectivity index (χ4v) is 4.32. The standard InChI is InChI=1S/C34H29N5O3/c1-22-9-11-27(19-30(22)39-32(40)24-10-12-29-31(17-24)37-14-13-36-29)38-33(41)25-15-26(34(2,3)21-35)18-28(16-25)42-20-23-7-5-4-6-8-23/h4-19H,20H2,1-3H3,(H,38,41)(H,39,40). The van der Waals surface area contributed by atoms with Crippen LogP contribution in [0.4, 0.5) is 11.4 Å². The van der Waals surface area contributed by atoms with E-state index in [1.165, 1.54) is 0 Å². The topological polar surface area (TPSA) is 117 Å². The van der Waals surface area contributed by atoms with Gasteiger partial charge >= 0.3 is 0 Å². The van der Waals surface area contributed by atoms with Gasteiger partial charge < -0.3 is 15.4 Å². The Morgan fingerprint density at radius 3 is 2.33 bits per heavy atom. The number of anilines is 2. The number of carbonyl (C=O) groups is 2. The maximum Gasteiger partial charge on any atom is 0.255 e. The number of ether oxygens (including phenoxy) is 1. The van der Waals surface area contributed by atoms with Gasteiger partial charge in [0.05, 0.1) is 22.5 Å². The van der Waals surface area contributed by atoms with Gasteiger partial charge in [-0.25, -0.2) is 0 Å². The predicted octanol–water partition coefficient (Wildman–Crippen LogP) is 6.82. The van der Waals surface area contributed by atoms with Crippen molar-refractivity contribution in [1.82, 2.24) is 9.97 Å². The van der Waals surface area contributed by atoms with Crippen LogP contribution in [0.2, 0.25) is 0 Å². The van der Waals surface area contributed by atoms with E-state index in [-0.39, 0.29) is 11.8 Å². The second kappa shape index (κ2) is 11.9. The highest BCUT2D eigenvalue weighted by molar-refractivity contribution is 6.08. The summed E-state index contributed by atoms with van der Waals surface area (Å²) in [4.78, 5) is 35.0. The van der Waals surface area contributed by atoms with Crippen LogP contribution in [0.5, 0.6) is 5.75 Å². The monoisotopic (exact) mass is 555 g/mol. The zero-order valence-corrected chi connectivity index (χ0v) is 23.5. The molecule has 0 aliphatic heterocycles. The average molecular weight is 556 g/mol. The second-order valence-corrected chi connectivity index (χ2v) is 10.5. The molecule has 0 radical (unpaired) electrons. The van der Waals surface area contributed by atoms with E-state index in [1.807, 2.05) is 43.3 Å². The molecule has 0 spiro atoms. The first-order chi connectivity index (χ1) is 20.2. The van der Waals surface area contributed by atoms with Crippen LogP contribution in [-0.4, -0.2) is 21.8 Å². The summed E-state index contributed by atoms with van der Waals surface area (Å²) in [5.74, 6) is -0.188. The fraction of sp³-hybridized carbons (Fsp3) is 0.147. The van der Waals surface area contributed by atoms with Crippen LogP contribution < -0.4 is 15.4 Å². The minimum Gasteiger partial charge on any atom is -0.489 e. The molecule has 8 nitrogen and oxygen atoms in total. The molecule has 42 heavy (non-hydrogen) atoms. The highest BCUT2D eigenvalue weighted by Gasteiger charge is 2.23. The number of aryl methyl sites for hydroxylation is 1. The number of nitriles is 1. The number of amides is 2. The molecule has 4 aromatic carbocycles. The molecule has 5 rings (SSSR count). The lowest BCUT2D eigenvalue weighted by atomic mass is 9.85. The Hall–Kier alpha value is -5.55. The molecule has 208 valence electrons. The first-order valence-corrected chi connectivity index (χ1v) is 13.4. The minimum absolute atomic E-state index is 0.305. The largest absolute Gasteiger partial charge is 0.489 e. The molecule has 0 atom stereocenters. The van der Waals surface area contributed by atoms with Gasteiger partial charge in [0.15, 0.2) is 0 Å². The molecule has 2 amide bonds. The predicted molar refractivity (Wildman–Crippen MR) is 162 cm³/mol. The number of carbonyl (C=O) groups excluding carboxylic acids is 2. The number of nitrogens with one attached hydrogen (secondary N) is 2. The summed E-state index contributed by atoms with van der Waals surface area (Å²) >= 11 is 0. The third-order valence-corrected chi connectivity index (χ3v) is 6.89. The van der Waals surface area contributed by atoms with Crippen molar-refractivity contribution in [1.29, 1.82) is 5.26 Å². The summed E-state index contributed by atoms with van der Waals surface area (Å²) in [6.07, 6.45) is 3.18. The van der Waals surface area contributed by atoms with Crippen molar-refractivity contribution in [2.75, 3.05) is 10.6 Å². The first kappa shape index (κ1) is 28.0. The molecule has 0 aliphatic rings. The number of fused-ring (bicyclic) bond motifs is 1. The molecule has 2 N–H and O–H groups in total. The lowest BCUT2D eigenvalue weighted by molar-refractivity contribution is 0.101. The van der Waals surface area contributed by atoms with E-state index in [0.29, 0.717) is 51.5 Å². The Balaban J connectivity index is 1.36. The molecule has 0 unspecified atom stereocenters. The van der Waals surface area contributed by atoms with E-state index in [9.17, 15) is 14.9 Å². The van der Waals surface area contributed by atoms with E-state index < -0.39 is 5.41 Å². The van der Waals surface area contributed by atoms with Crippen LogP contribution in [-0.2, 0) is 12.0 Å². The molecule has 1 aromatic heterocycles. The summed E-state index contributed by atoms with van der Waals surface area (Å²) in [7, 11) is 0. The van der Waals surface area contributed by atoms with Crippen molar-refractivity contribution >= 4 is 34.2 Å². The van der Waals surface area contributed by atoms with Crippen molar-refractivity contribution in [3.05, 3.63) is 125 Å². The van der Waals surface area contributed by atoms with Gasteiger partial charge in [-0.05, 0) is 86.0 Å². The Labute approximate surface area is 244 Å². The van der Waals surface area contributed by atoms with Crippen molar-refractivity contribution in [2.45, 2.75) is 32.8 Å². The van der Waals surface area contributed by atoms with Crippen LogP contribution >= 0.6 is 0 Å². The SMILES string of the molecule is Cc1ccc(NC(=O)c2cc(OCc3ccccc3)cc(C(C)(C)C#N)c2)cc1NC(=O)c1ccc2nccnc2c1. The van der Waals surface area contributed by atoms with Gasteiger partial charge in [0.2, 0.25) is 0 Å². The number of nitrogens with zero attached hydrogens (tertiary/aromatic N) is 3. The smallest absolute Gasteiger partial charge is 0.255 e. The first-order valence-electron chi connectivity index (χ1n) is 13.4. The van der Waals surface area contributed by atoms with E-state index in [2.05, 4.69) is 26.7 Å². The summed E-state index contributed by atoms with van der Waals surface area (Å²) < 4.78 is 6.02. The molecule has 0 saturated heterocycles. The Morgan fingerprint density at radius 2 is 1.57 bits per heavy atom. The third kappa shape index (κ3) is 6.43. The molecular formula is C34H29N5O3. The zero-order chi connectivity index (χ0) is 29.7. The number of rotatable bonds is 8. The van der Waals surface area contributed by atoms with Gasteiger partial charge in [-0.3, -0.25) is 19.6 Å². The summed E-state index contributed by atoms with van der Waals surface area (Å²) in [6.45, 7) is 5.78. The third-order valence-electron chi connectivity index (χ3n) is 6.89. The lowest BCUT2D eigenvalue weighted by Gasteiger charge is -2.19. The maximum atomic E-state index is 13.4. The molecule has 1 heterocycles. The van der Waals surface area contributed by atoms with E-state index in [0.717, 1.165) is 11.1 Å². The van der Waals surface area contributed by atoms with E-state index >= 15 is 0 Å². The van der Waals surface area contributed by atoms with Gasteiger partial charge in [0.25, 0.3) is 11.8 Å². The average Bonchev–Trinajstić information content (AvgIpc) is 3.01. The van der Waals surface area contributed by atoms with Crippen LogP contribution in [0.3, 0.4) is 0 Å². The highest BCUT2D eigenvalue weighted by atomic mass is 16.5. The Morgan fingerprint density at radius 1 is 0.833 bits per heavy atom. The number of hydrogen-bond donors (Lipinski definition) is 2. The Kier molecular flexibility index (Phi) is 7.93. The fourth-order valence-electron chi connectivity index (χ4n) is 4.32. The quantitative estimate of drug-likeness (QED) is 0.217. The molecule has 0 saturated carbocycles. The van der Waals surface area contributed by atoms with Crippen LogP contribution in [0.1, 0.15) is 51.3 Å². The highest BCUT2D eigenvalue weighted by Crippen LogP contribution is 2.29. The molecule has 0 fully saturated rings. The summed E-state index contributed by atoms with van der Waals surface area (Å²) in [6, 6.07) is 27.6. The van der Waals surface area contributed by atoms with Gasteiger partial charge in [-0.2, -0.15) is 5.26 Å². The van der Waals surface area contributed by atoms with Gasteiger partial charge in [-0.15, -0.1) is 0 Å². The van der Waals surface area contributed by atoms with Crippen LogP contribution in [0.15, 0.2) is 97.3 Å². The number of benzene rings is 4. The van der Waals surface area contributed by atoms with Crippen molar-refractivity contribution in [3.63, 3.8) is 0 Å². The summed E-state index contributed by atoms with van der Waals surface area (Å²) in [5, 5.41) is 15.6. The lowest BCUT2D eigenvalue weighted by Crippen LogP contribution is -2.18. The van der Waals surface area contributed by atoms with Crippen LogP contribution in [0, 0.1) is 18.3 Å². The summed E-state index contributed by atoms with van der Waals surface area (Å²) in [5.41, 5.74) is 4.82. The zero-order valence-electron chi connectivity index (χ0n) is 23.5. The van der Waals surface area contributed by atoms with Gasteiger partial charge in [0, 0.05) is 34.9 Å². The Bertz CT molecular complexity index is 1830.